The van der Waals surface area contributed by atoms with Gasteiger partial charge in [0.15, 0.2) is 0 Å². The van der Waals surface area contributed by atoms with Crippen LogP contribution in [0.5, 0.6) is 5.75 Å². The first kappa shape index (κ1) is 8.62. The number of amides is 1. The Morgan fingerprint density at radius 1 is 1.43 bits per heavy atom. The molecule has 0 fully saturated rings. The average Bonchev–Trinajstić information content (AvgIpc) is 2.18. The second-order valence-electron chi connectivity index (χ2n) is 2.80. The van der Waals surface area contributed by atoms with E-state index in [0.29, 0.717) is 18.1 Å². The maximum absolute atomic E-state index is 10.6. The van der Waals surface area contributed by atoms with Gasteiger partial charge in [-0.05, 0) is 18.2 Å². The van der Waals surface area contributed by atoms with E-state index in [1.54, 1.807) is 6.08 Å². The lowest BCUT2D eigenvalue weighted by molar-refractivity contribution is 0.201. The van der Waals surface area contributed by atoms with Crippen molar-refractivity contribution in [2.75, 3.05) is 6.61 Å². The van der Waals surface area contributed by atoms with Crippen LogP contribution in [0.15, 0.2) is 30.3 Å². The van der Waals surface area contributed by atoms with Gasteiger partial charge in [0.2, 0.25) is 0 Å². The Labute approximate surface area is 80.9 Å². The van der Waals surface area contributed by atoms with Gasteiger partial charge in [0.1, 0.15) is 18.1 Å². The fourth-order valence-electron chi connectivity index (χ4n) is 1.32. The van der Waals surface area contributed by atoms with Gasteiger partial charge in [-0.25, -0.2) is 4.79 Å². The predicted octanol–water partition coefficient (Wildman–Crippen LogP) is 1.52. The van der Waals surface area contributed by atoms with Gasteiger partial charge in [0, 0.05) is 0 Å². The lowest BCUT2D eigenvalue weighted by Gasteiger charge is -2.16. The standard InChI is InChI=1S/C10H9NO3/c11-10(12)14-9-5-6-13-8-4-2-1-3-7(8)9/h1-5H,6H2,(H2,11,12). The molecule has 2 N–H and O–H groups in total. The highest BCUT2D eigenvalue weighted by atomic mass is 16.6. The molecule has 4 heteroatoms. The molecule has 1 aliphatic rings. The van der Waals surface area contributed by atoms with Gasteiger partial charge in [-0.15, -0.1) is 0 Å². The Morgan fingerprint density at radius 3 is 3.00 bits per heavy atom. The number of hydrogen-bond acceptors (Lipinski definition) is 3. The first-order valence-electron chi connectivity index (χ1n) is 4.17. The highest BCUT2D eigenvalue weighted by Crippen LogP contribution is 2.29. The predicted molar refractivity (Wildman–Crippen MR) is 50.6 cm³/mol. The third-order valence-corrected chi connectivity index (χ3v) is 1.87. The highest BCUT2D eigenvalue weighted by Gasteiger charge is 2.15. The van der Waals surface area contributed by atoms with Crippen LogP contribution in [0.4, 0.5) is 4.79 Å². The molecule has 0 atom stereocenters. The number of benzene rings is 1. The van der Waals surface area contributed by atoms with Crippen LogP contribution < -0.4 is 10.5 Å². The van der Waals surface area contributed by atoms with Crippen LogP contribution in [0.25, 0.3) is 5.76 Å². The summed E-state index contributed by atoms with van der Waals surface area (Å²) in [4.78, 5) is 10.6. The van der Waals surface area contributed by atoms with Crippen molar-refractivity contribution in [3.63, 3.8) is 0 Å². The zero-order valence-corrected chi connectivity index (χ0v) is 7.40. The molecule has 0 saturated carbocycles. The van der Waals surface area contributed by atoms with Gasteiger partial charge < -0.3 is 15.2 Å². The second kappa shape index (κ2) is 3.41. The molecule has 2 rings (SSSR count). The molecule has 0 saturated heterocycles. The minimum absolute atomic E-state index is 0.389. The summed E-state index contributed by atoms with van der Waals surface area (Å²) >= 11 is 0. The van der Waals surface area contributed by atoms with Gasteiger partial charge in [0.05, 0.1) is 5.56 Å². The topological polar surface area (TPSA) is 61.6 Å². The first-order valence-corrected chi connectivity index (χ1v) is 4.17. The van der Waals surface area contributed by atoms with E-state index >= 15 is 0 Å². The van der Waals surface area contributed by atoms with Crippen molar-refractivity contribution in [1.82, 2.24) is 0 Å². The molecule has 4 nitrogen and oxygen atoms in total. The van der Waals surface area contributed by atoms with Gasteiger partial charge in [-0.1, -0.05) is 12.1 Å². The van der Waals surface area contributed by atoms with Crippen molar-refractivity contribution < 1.29 is 14.3 Å². The molecular weight excluding hydrogens is 182 g/mol. The van der Waals surface area contributed by atoms with Gasteiger partial charge in [-0.2, -0.15) is 0 Å². The zero-order chi connectivity index (χ0) is 9.97. The third kappa shape index (κ3) is 1.54. The van der Waals surface area contributed by atoms with Crippen molar-refractivity contribution in [2.24, 2.45) is 5.73 Å². The molecule has 1 amide bonds. The van der Waals surface area contributed by atoms with Crippen LogP contribution >= 0.6 is 0 Å². The van der Waals surface area contributed by atoms with Crippen LogP contribution in [0.2, 0.25) is 0 Å². The van der Waals surface area contributed by atoms with E-state index in [9.17, 15) is 4.79 Å². The summed E-state index contributed by atoms with van der Waals surface area (Å²) in [7, 11) is 0. The lowest BCUT2D eigenvalue weighted by atomic mass is 10.1. The second-order valence-corrected chi connectivity index (χ2v) is 2.80. The molecule has 72 valence electrons. The fraction of sp³-hybridized carbons (Fsp3) is 0.100. The number of primary amides is 1. The molecule has 0 aliphatic carbocycles. The largest absolute Gasteiger partial charge is 0.489 e. The lowest BCUT2D eigenvalue weighted by Crippen LogP contribution is -2.15. The van der Waals surface area contributed by atoms with E-state index in [1.807, 2.05) is 24.3 Å². The number of para-hydroxylation sites is 1. The number of carbonyl (C=O) groups excluding carboxylic acids is 1. The molecule has 0 spiro atoms. The minimum Gasteiger partial charge on any atom is -0.489 e. The van der Waals surface area contributed by atoms with Crippen molar-refractivity contribution in [3.05, 3.63) is 35.9 Å². The van der Waals surface area contributed by atoms with E-state index in [0.717, 1.165) is 5.56 Å². The number of hydrogen-bond donors (Lipinski definition) is 1. The zero-order valence-electron chi connectivity index (χ0n) is 7.40. The van der Waals surface area contributed by atoms with Crippen molar-refractivity contribution in [1.29, 1.82) is 0 Å². The quantitative estimate of drug-likeness (QED) is 0.731. The molecule has 1 heterocycles. The third-order valence-electron chi connectivity index (χ3n) is 1.87. The molecule has 1 aromatic rings. The molecule has 0 radical (unpaired) electrons. The number of fused-ring (bicyclic) bond motifs is 1. The number of carbonyl (C=O) groups is 1. The van der Waals surface area contributed by atoms with Crippen LogP contribution in [0, 0.1) is 0 Å². The van der Waals surface area contributed by atoms with E-state index in [2.05, 4.69) is 0 Å². The summed E-state index contributed by atoms with van der Waals surface area (Å²) in [6.07, 6.45) is 0.862. The van der Waals surface area contributed by atoms with Crippen LogP contribution in [-0.2, 0) is 4.74 Å². The summed E-state index contributed by atoms with van der Waals surface area (Å²) in [5.41, 5.74) is 5.69. The normalized spacial score (nSPS) is 13.6. The Bertz CT molecular complexity index is 398. The molecule has 0 aromatic heterocycles. The maximum Gasteiger partial charge on any atom is 0.409 e. The van der Waals surface area contributed by atoms with Gasteiger partial charge in [0.25, 0.3) is 0 Å². The van der Waals surface area contributed by atoms with E-state index < -0.39 is 6.09 Å². The Balaban J connectivity index is 2.35. The molecule has 1 aliphatic heterocycles. The smallest absolute Gasteiger partial charge is 0.409 e. The molecule has 1 aromatic carbocycles. The van der Waals surface area contributed by atoms with Crippen LogP contribution in [-0.4, -0.2) is 12.7 Å². The van der Waals surface area contributed by atoms with Gasteiger partial charge >= 0.3 is 6.09 Å². The number of ether oxygens (including phenoxy) is 2. The van der Waals surface area contributed by atoms with E-state index in [-0.39, 0.29) is 0 Å². The number of rotatable bonds is 1. The van der Waals surface area contributed by atoms with Crippen molar-refractivity contribution in [3.8, 4) is 5.75 Å². The summed E-state index contributed by atoms with van der Waals surface area (Å²) in [6.45, 7) is 0.389. The molecular formula is C10H9NO3. The molecule has 0 unspecified atom stereocenters. The van der Waals surface area contributed by atoms with Gasteiger partial charge in [-0.3, -0.25) is 0 Å². The number of nitrogens with two attached hydrogens (primary N) is 1. The molecule has 14 heavy (non-hydrogen) atoms. The summed E-state index contributed by atoms with van der Waals surface area (Å²) in [6, 6.07) is 7.31. The average molecular weight is 191 g/mol. The van der Waals surface area contributed by atoms with Crippen molar-refractivity contribution >= 4 is 11.9 Å². The monoisotopic (exact) mass is 191 g/mol. The maximum atomic E-state index is 10.6. The van der Waals surface area contributed by atoms with E-state index in [4.69, 9.17) is 15.2 Å². The molecule has 0 bridgehead atoms. The van der Waals surface area contributed by atoms with Crippen LogP contribution in [0.1, 0.15) is 5.56 Å². The Kier molecular flexibility index (Phi) is 2.10. The first-order chi connectivity index (χ1) is 6.77. The fourth-order valence-corrected chi connectivity index (χ4v) is 1.32. The minimum atomic E-state index is -0.812. The highest BCUT2D eigenvalue weighted by molar-refractivity contribution is 5.78. The Morgan fingerprint density at radius 2 is 2.21 bits per heavy atom. The van der Waals surface area contributed by atoms with E-state index in [1.165, 1.54) is 0 Å². The van der Waals surface area contributed by atoms with Crippen LogP contribution in [0.3, 0.4) is 0 Å². The Hall–Kier alpha value is -1.97. The summed E-state index contributed by atoms with van der Waals surface area (Å²) < 4.78 is 10.2. The summed E-state index contributed by atoms with van der Waals surface area (Å²) in [5.74, 6) is 1.16. The summed E-state index contributed by atoms with van der Waals surface area (Å²) in [5, 5.41) is 0. The SMILES string of the molecule is NC(=O)OC1=CCOc2ccccc21. The van der Waals surface area contributed by atoms with Crippen molar-refractivity contribution in [2.45, 2.75) is 0 Å².